The summed E-state index contributed by atoms with van der Waals surface area (Å²) < 4.78 is 0. The topological polar surface area (TPSA) is 749 Å². The van der Waals surface area contributed by atoms with Gasteiger partial charge in [0.25, 0.3) is 0 Å². The number of benzene rings is 1. The van der Waals surface area contributed by atoms with Gasteiger partial charge >= 0.3 is 11.9 Å². The fourth-order valence-corrected chi connectivity index (χ4v) is 11.9. The van der Waals surface area contributed by atoms with Gasteiger partial charge in [0.2, 0.25) is 88.6 Å². The molecule has 0 unspecified atom stereocenters. The molecule has 1 aromatic carbocycles. The van der Waals surface area contributed by atoms with E-state index in [1.165, 1.54) is 19.4 Å². The quantitative estimate of drug-likeness (QED) is 0.0127. The Morgan fingerprint density at radius 2 is 0.874 bits per heavy atom. The number of primary amides is 2. The first kappa shape index (κ1) is 103. The largest absolute Gasteiger partial charge is 0.481 e. The van der Waals surface area contributed by atoms with Crippen molar-refractivity contribution in [1.82, 2.24) is 79.1 Å². The van der Waals surface area contributed by atoms with Crippen LogP contribution in [0, 0.1) is 17.8 Å². The molecule has 15 amide bonds. The molecule has 0 aliphatic rings. The predicted molar refractivity (Wildman–Crippen MR) is 439 cm³/mol. The number of hydrogen-bond donors (Lipinski definition) is 25. The molecule has 664 valence electrons. The number of unbranched alkanes of at least 4 members (excludes halogenated alkanes) is 1. The minimum absolute atomic E-state index is 0.0137. The number of nitrogens with two attached hydrogens (primary N) is 8. The van der Waals surface area contributed by atoms with Crippen LogP contribution in [0.2, 0.25) is 0 Å². The maximum atomic E-state index is 14.9. The van der Waals surface area contributed by atoms with Crippen molar-refractivity contribution in [1.29, 1.82) is 0 Å². The van der Waals surface area contributed by atoms with E-state index in [1.807, 2.05) is 0 Å². The molecule has 0 saturated heterocycles. The molecule has 32 N–H and O–H groups in total. The zero-order valence-corrected chi connectivity index (χ0v) is 69.2. The average Bonchev–Trinajstić information content (AvgIpc) is 1.63. The Morgan fingerprint density at radius 1 is 0.462 bits per heavy atom. The number of aromatic nitrogens is 2. The van der Waals surface area contributed by atoms with E-state index < -0.39 is 217 Å². The number of thiol groups is 1. The molecule has 2 aromatic rings. The van der Waals surface area contributed by atoms with Gasteiger partial charge in [-0.3, -0.25) is 91.5 Å². The number of imidazole rings is 1. The Balaban J connectivity index is 2.57. The molecule has 1 aromatic heterocycles. The van der Waals surface area contributed by atoms with E-state index in [2.05, 4.69) is 102 Å². The summed E-state index contributed by atoms with van der Waals surface area (Å²) in [6.07, 6.45) is 0.110. The molecular formula is C74H123N25O19S. The SMILES string of the molecule is CC[C@H](C)[C@H](NC(=O)[C@H](Cc1ccccc1)NC(=O)[C@H](CCCN=C(N)N)NC(=O)[C@H](CS)NC(=O)CNC(=O)[C@H](Cc1cnc[nH]1)NC(=O)[C@@H](N)CCC(N)=O)C(=O)N[C@@H](CCC(N)=O)C(=O)N[C@@H](CC(C)C)C(=O)N[C@@H](CCCCN)C(=O)N[C@@H](CC(C)C)C(=O)N[C@@H](CCC(=O)O)C(=O)N[C@@H](CCCN=C(N)N)C(=O)N[C@@H](C)C(=O)O. The second-order valence-corrected chi connectivity index (χ2v) is 29.8. The minimum Gasteiger partial charge on any atom is -0.481 e. The van der Waals surface area contributed by atoms with Crippen LogP contribution in [0.25, 0.3) is 0 Å². The predicted octanol–water partition coefficient (Wildman–Crippen LogP) is -6.74. The van der Waals surface area contributed by atoms with Gasteiger partial charge < -0.3 is 130 Å². The number of nitrogens with one attached hydrogen (secondary N) is 14. The molecule has 0 bridgehead atoms. The molecule has 0 aliphatic carbocycles. The summed E-state index contributed by atoms with van der Waals surface area (Å²) in [5.74, 6) is -19.0. The van der Waals surface area contributed by atoms with Gasteiger partial charge in [-0.15, -0.1) is 0 Å². The van der Waals surface area contributed by atoms with Crippen LogP contribution in [0.3, 0.4) is 0 Å². The van der Waals surface area contributed by atoms with Crippen molar-refractivity contribution in [2.24, 2.45) is 73.6 Å². The van der Waals surface area contributed by atoms with Crippen LogP contribution in [-0.2, 0) is 94.3 Å². The van der Waals surface area contributed by atoms with E-state index in [0.717, 1.165) is 0 Å². The molecular weight excluding hydrogens is 1580 g/mol. The zero-order valence-electron chi connectivity index (χ0n) is 68.3. The van der Waals surface area contributed by atoms with Crippen molar-refractivity contribution in [2.45, 2.75) is 243 Å². The first-order chi connectivity index (χ1) is 56.1. The Labute approximate surface area is 695 Å². The van der Waals surface area contributed by atoms with Crippen LogP contribution in [0.15, 0.2) is 52.8 Å². The van der Waals surface area contributed by atoms with Crippen LogP contribution < -0.4 is 115 Å². The number of rotatable bonds is 59. The first-order valence-electron chi connectivity index (χ1n) is 39.2. The molecule has 0 fully saturated rings. The third-order valence-corrected chi connectivity index (χ3v) is 18.7. The minimum atomic E-state index is -1.67. The highest BCUT2D eigenvalue weighted by Gasteiger charge is 2.39. The standard InChI is InChI=1S/C74H123N25O19S/c1-8-40(6)59(99-69(114)52(32-42-16-10-9-11-17-42)98-64(109)47(20-15-29-85-74(81)82)92-70(115)54(36-119)89-57(102)35-86-61(106)53(33-43-34-83-37-87-43)95-60(105)44(76)21-24-55(77)100)71(116)94-48(22-25-56(78)101)66(111)97-50(30-38(2)3)67(112)91-45(18-12-13-27-75)63(108)96-51(31-39(4)5)68(113)93-49(23-26-58(103)104)65(110)90-46(19-14-28-84-73(79)80)62(107)88-41(7)72(117)118/h9-11,16-17,34,37-41,44-54,59,119H,8,12-15,18-33,35-36,75-76H2,1-7H3,(H2,77,100)(H2,78,101)(H,83,87)(H,86,106)(H,88,107)(H,89,102)(H,90,110)(H,91,112)(H,92,115)(H,93,113)(H,94,116)(H,95,105)(H,96,108)(H,97,111)(H,98,109)(H,99,114)(H,103,104)(H,117,118)(H4,79,80,84)(H4,81,82,85)/t40-,41-,44-,45-,46-,47-,48-,49-,50-,51-,52-,53-,54-,59-/m0/s1. The second-order valence-electron chi connectivity index (χ2n) is 29.5. The number of carbonyl (C=O) groups is 17. The Kier molecular flexibility index (Phi) is 47.8. The van der Waals surface area contributed by atoms with E-state index in [-0.39, 0.29) is 133 Å². The van der Waals surface area contributed by atoms with Crippen LogP contribution in [0.5, 0.6) is 0 Å². The van der Waals surface area contributed by atoms with Crippen molar-refractivity contribution < 1.29 is 91.7 Å². The maximum absolute atomic E-state index is 14.9. The molecule has 0 saturated carbocycles. The average molecular weight is 1700 g/mol. The maximum Gasteiger partial charge on any atom is 0.325 e. The number of carboxylic acid groups (broad SMARTS) is 2. The molecule has 0 aliphatic heterocycles. The molecule has 0 spiro atoms. The Morgan fingerprint density at radius 3 is 1.31 bits per heavy atom. The summed E-state index contributed by atoms with van der Waals surface area (Å²) in [5.41, 5.74) is 45.5. The van der Waals surface area contributed by atoms with E-state index in [4.69, 9.17) is 45.9 Å². The normalized spacial score (nSPS) is 14.6. The molecule has 45 heteroatoms. The smallest absolute Gasteiger partial charge is 0.325 e. The number of nitrogens with zero attached hydrogens (tertiary/aromatic N) is 3. The lowest BCUT2D eigenvalue weighted by atomic mass is 9.96. The molecule has 0 radical (unpaired) electrons. The second kappa shape index (κ2) is 55.0. The lowest BCUT2D eigenvalue weighted by Crippen LogP contribution is -2.61. The van der Waals surface area contributed by atoms with Gasteiger partial charge in [0.1, 0.15) is 72.5 Å². The summed E-state index contributed by atoms with van der Waals surface area (Å²) in [6, 6.07) is -10.9. The summed E-state index contributed by atoms with van der Waals surface area (Å²) in [4.78, 5) is 246. The van der Waals surface area contributed by atoms with E-state index in [9.17, 15) is 91.7 Å². The van der Waals surface area contributed by atoms with Crippen LogP contribution in [0.1, 0.15) is 162 Å². The summed E-state index contributed by atoms with van der Waals surface area (Å²) in [7, 11) is 0. The highest BCUT2D eigenvalue weighted by atomic mass is 32.1. The number of aliphatic imine (C=N–C) groups is 2. The summed E-state index contributed by atoms with van der Waals surface area (Å²) in [6.45, 7) is 10.7. The van der Waals surface area contributed by atoms with Gasteiger partial charge in [-0.1, -0.05) is 78.3 Å². The Bertz CT molecular complexity index is 3750. The number of aliphatic carboxylic acids is 2. The number of hydrogen-bond acceptors (Lipinski definition) is 23. The number of carboxylic acids is 2. The van der Waals surface area contributed by atoms with Crippen LogP contribution in [-0.4, -0.2) is 243 Å². The van der Waals surface area contributed by atoms with E-state index >= 15 is 0 Å². The van der Waals surface area contributed by atoms with Gasteiger partial charge in [0.15, 0.2) is 11.9 Å². The van der Waals surface area contributed by atoms with Crippen molar-refractivity contribution >= 4 is 125 Å². The molecule has 44 nitrogen and oxygen atoms in total. The first-order valence-corrected chi connectivity index (χ1v) is 39.8. The molecule has 1 heterocycles. The van der Waals surface area contributed by atoms with Crippen LogP contribution >= 0.6 is 12.6 Å². The lowest BCUT2D eigenvalue weighted by Gasteiger charge is -2.30. The van der Waals surface area contributed by atoms with Gasteiger partial charge in [-0.05, 0) is 114 Å². The van der Waals surface area contributed by atoms with Gasteiger partial charge in [0.05, 0.1) is 18.9 Å². The van der Waals surface area contributed by atoms with Gasteiger partial charge in [-0.25, -0.2) is 4.98 Å². The van der Waals surface area contributed by atoms with Crippen LogP contribution in [0.4, 0.5) is 0 Å². The van der Waals surface area contributed by atoms with Gasteiger partial charge in [-0.2, -0.15) is 12.6 Å². The summed E-state index contributed by atoms with van der Waals surface area (Å²) in [5, 5.41) is 52.2. The number of H-pyrrole nitrogens is 1. The fourth-order valence-electron chi connectivity index (χ4n) is 11.6. The fraction of sp³-hybridized carbons (Fsp3) is 0.622. The van der Waals surface area contributed by atoms with Crippen molar-refractivity contribution in [3.63, 3.8) is 0 Å². The number of amides is 15. The van der Waals surface area contributed by atoms with Crippen molar-refractivity contribution in [3.05, 3.63) is 54.1 Å². The zero-order chi connectivity index (χ0) is 89.6. The molecule has 119 heavy (non-hydrogen) atoms. The Hall–Kier alpha value is -11.8. The molecule has 14 atom stereocenters. The van der Waals surface area contributed by atoms with Crippen molar-refractivity contribution in [2.75, 3.05) is 31.9 Å². The third kappa shape index (κ3) is 41.8. The third-order valence-electron chi connectivity index (χ3n) is 18.4. The van der Waals surface area contributed by atoms with Gasteiger partial charge in [0, 0.05) is 62.8 Å². The number of guanidine groups is 2. The summed E-state index contributed by atoms with van der Waals surface area (Å²) >= 11 is 4.26. The number of aromatic amines is 1. The highest BCUT2D eigenvalue weighted by Crippen LogP contribution is 2.17. The van der Waals surface area contributed by atoms with E-state index in [0.29, 0.717) is 17.7 Å². The van der Waals surface area contributed by atoms with E-state index in [1.54, 1.807) is 71.9 Å². The van der Waals surface area contributed by atoms with Crippen molar-refractivity contribution in [3.8, 4) is 0 Å². The monoisotopic (exact) mass is 1700 g/mol. The molecule has 2 rings (SSSR count). The highest BCUT2D eigenvalue weighted by molar-refractivity contribution is 7.80. The lowest BCUT2D eigenvalue weighted by molar-refractivity contribution is -0.142. The number of carbonyl (C=O) groups excluding carboxylic acids is 15.